The predicted octanol–water partition coefficient (Wildman–Crippen LogP) is 2.38. The van der Waals surface area contributed by atoms with Crippen molar-refractivity contribution in [2.75, 3.05) is 37.6 Å². The van der Waals surface area contributed by atoms with E-state index < -0.39 is 0 Å². The third kappa shape index (κ3) is 2.37. The molecule has 2 aliphatic rings. The lowest BCUT2D eigenvalue weighted by molar-refractivity contribution is 0.270. The Morgan fingerprint density at radius 3 is 2.55 bits per heavy atom. The van der Waals surface area contributed by atoms with Crippen LogP contribution in [-0.2, 0) is 12.8 Å². The quantitative estimate of drug-likeness (QED) is 0.851. The Balaban J connectivity index is 1.61. The molecule has 0 radical (unpaired) electrons. The first-order valence-corrected chi connectivity index (χ1v) is 8.27. The summed E-state index contributed by atoms with van der Waals surface area (Å²) in [5.74, 6) is 1.05. The van der Waals surface area contributed by atoms with Gasteiger partial charge in [0, 0.05) is 31.7 Å². The zero-order valence-electron chi connectivity index (χ0n) is 13.1. The van der Waals surface area contributed by atoms with Crippen LogP contribution >= 0.6 is 0 Å². The van der Waals surface area contributed by atoms with Crippen molar-refractivity contribution in [3.8, 4) is 11.3 Å². The van der Waals surface area contributed by atoms with E-state index in [9.17, 15) is 0 Å². The van der Waals surface area contributed by atoms with E-state index in [1.165, 1.54) is 16.7 Å². The number of hydrogen-bond donors (Lipinski definition) is 0. The summed E-state index contributed by atoms with van der Waals surface area (Å²) in [4.78, 5) is 4.86. The van der Waals surface area contributed by atoms with Crippen LogP contribution in [0.5, 0.6) is 0 Å². The molecule has 1 aromatic carbocycles. The highest BCUT2D eigenvalue weighted by Gasteiger charge is 2.21. The van der Waals surface area contributed by atoms with Crippen molar-refractivity contribution in [3.05, 3.63) is 41.5 Å². The smallest absolute Gasteiger partial charge is 0.151 e. The van der Waals surface area contributed by atoms with Crippen LogP contribution in [0.25, 0.3) is 11.3 Å². The summed E-state index contributed by atoms with van der Waals surface area (Å²) in [7, 11) is 0. The first-order valence-electron chi connectivity index (χ1n) is 8.27. The van der Waals surface area contributed by atoms with Crippen molar-refractivity contribution < 1.29 is 0 Å². The van der Waals surface area contributed by atoms with Gasteiger partial charge in [-0.1, -0.05) is 31.2 Å². The number of anilines is 1. The minimum atomic E-state index is 1.05. The fourth-order valence-electron chi connectivity index (χ4n) is 3.52. The van der Waals surface area contributed by atoms with Gasteiger partial charge >= 0.3 is 0 Å². The molecule has 114 valence electrons. The maximum Gasteiger partial charge on any atom is 0.151 e. The zero-order valence-corrected chi connectivity index (χ0v) is 13.1. The van der Waals surface area contributed by atoms with Gasteiger partial charge in [-0.15, -0.1) is 10.2 Å². The molecule has 22 heavy (non-hydrogen) atoms. The Hall–Kier alpha value is -1.94. The molecule has 1 saturated heterocycles. The molecule has 2 heterocycles. The molecule has 1 aromatic heterocycles. The summed E-state index contributed by atoms with van der Waals surface area (Å²) in [6, 6.07) is 10.8. The molecular formula is C18H22N4. The van der Waals surface area contributed by atoms with Crippen LogP contribution in [0.4, 0.5) is 5.82 Å². The lowest BCUT2D eigenvalue weighted by Crippen LogP contribution is -2.46. The van der Waals surface area contributed by atoms with Gasteiger partial charge in [-0.3, -0.25) is 0 Å². The van der Waals surface area contributed by atoms with Crippen LogP contribution in [0.2, 0.25) is 0 Å². The van der Waals surface area contributed by atoms with Crippen molar-refractivity contribution in [1.82, 2.24) is 15.1 Å². The van der Waals surface area contributed by atoms with Crippen LogP contribution in [0.15, 0.2) is 30.3 Å². The number of nitrogens with zero attached hydrogens (tertiary/aromatic N) is 4. The lowest BCUT2D eigenvalue weighted by Gasteiger charge is -2.34. The van der Waals surface area contributed by atoms with Gasteiger partial charge in [-0.25, -0.2) is 0 Å². The Morgan fingerprint density at radius 1 is 0.955 bits per heavy atom. The first kappa shape index (κ1) is 13.7. The second kappa shape index (κ2) is 5.69. The van der Waals surface area contributed by atoms with E-state index in [0.717, 1.165) is 57.1 Å². The maximum absolute atomic E-state index is 4.57. The molecule has 0 amide bonds. The van der Waals surface area contributed by atoms with Crippen LogP contribution in [0, 0.1) is 0 Å². The number of benzene rings is 1. The van der Waals surface area contributed by atoms with Crippen molar-refractivity contribution in [1.29, 1.82) is 0 Å². The molecule has 0 N–H and O–H groups in total. The van der Waals surface area contributed by atoms with Gasteiger partial charge in [0.05, 0.1) is 5.69 Å². The highest BCUT2D eigenvalue weighted by Crippen LogP contribution is 2.32. The van der Waals surface area contributed by atoms with E-state index >= 15 is 0 Å². The van der Waals surface area contributed by atoms with Crippen molar-refractivity contribution >= 4 is 5.82 Å². The molecule has 1 fully saturated rings. The summed E-state index contributed by atoms with van der Waals surface area (Å²) >= 11 is 0. The third-order valence-electron chi connectivity index (χ3n) is 4.94. The maximum atomic E-state index is 4.57. The fraction of sp³-hybridized carbons (Fsp3) is 0.444. The monoisotopic (exact) mass is 294 g/mol. The lowest BCUT2D eigenvalue weighted by atomic mass is 9.89. The largest absolute Gasteiger partial charge is 0.353 e. The average Bonchev–Trinajstić information content (AvgIpc) is 2.61. The van der Waals surface area contributed by atoms with E-state index in [2.05, 4.69) is 57.3 Å². The minimum Gasteiger partial charge on any atom is -0.353 e. The second-order valence-corrected chi connectivity index (χ2v) is 6.15. The number of fused-ring (bicyclic) bond motifs is 3. The molecule has 4 nitrogen and oxygen atoms in total. The molecular weight excluding hydrogens is 272 g/mol. The number of likely N-dealkylation sites (N-methyl/N-ethyl adjacent to an activating group) is 1. The van der Waals surface area contributed by atoms with E-state index in [1.54, 1.807) is 0 Å². The fourth-order valence-corrected chi connectivity index (χ4v) is 3.52. The normalized spacial score (nSPS) is 18.0. The molecule has 0 bridgehead atoms. The van der Waals surface area contributed by atoms with Crippen LogP contribution in [0.3, 0.4) is 0 Å². The zero-order chi connectivity index (χ0) is 14.9. The van der Waals surface area contributed by atoms with E-state index in [1.807, 2.05) is 0 Å². The Bertz CT molecular complexity index is 675. The average molecular weight is 294 g/mol. The number of hydrogen-bond acceptors (Lipinski definition) is 4. The minimum absolute atomic E-state index is 1.05. The topological polar surface area (TPSA) is 32.3 Å². The molecule has 0 spiro atoms. The van der Waals surface area contributed by atoms with E-state index in [4.69, 9.17) is 0 Å². The van der Waals surface area contributed by atoms with E-state index in [0.29, 0.717) is 0 Å². The predicted molar refractivity (Wildman–Crippen MR) is 89.2 cm³/mol. The number of aryl methyl sites for hydroxylation is 2. The second-order valence-electron chi connectivity index (χ2n) is 6.15. The Morgan fingerprint density at radius 2 is 1.73 bits per heavy atom. The molecule has 2 aromatic rings. The van der Waals surface area contributed by atoms with Gasteiger partial charge in [0.25, 0.3) is 0 Å². The van der Waals surface area contributed by atoms with Gasteiger partial charge in [0.1, 0.15) is 0 Å². The molecule has 4 heteroatoms. The van der Waals surface area contributed by atoms with Crippen molar-refractivity contribution in [2.24, 2.45) is 0 Å². The third-order valence-corrected chi connectivity index (χ3v) is 4.94. The van der Waals surface area contributed by atoms with E-state index in [-0.39, 0.29) is 0 Å². The van der Waals surface area contributed by atoms with Gasteiger partial charge in [0.2, 0.25) is 0 Å². The van der Waals surface area contributed by atoms with Crippen molar-refractivity contribution in [3.63, 3.8) is 0 Å². The van der Waals surface area contributed by atoms with Crippen LogP contribution in [0.1, 0.15) is 18.1 Å². The number of rotatable bonds is 2. The van der Waals surface area contributed by atoms with Gasteiger partial charge in [-0.2, -0.15) is 0 Å². The van der Waals surface area contributed by atoms with Gasteiger partial charge < -0.3 is 9.80 Å². The van der Waals surface area contributed by atoms with Gasteiger partial charge in [-0.05, 0) is 36.6 Å². The molecule has 0 saturated carbocycles. The molecule has 1 aliphatic carbocycles. The summed E-state index contributed by atoms with van der Waals surface area (Å²) in [5, 5.41) is 9.09. The SMILES string of the molecule is CCN1CCN(c2cc3c(nn2)-c2ccccc2CC3)CC1. The summed E-state index contributed by atoms with van der Waals surface area (Å²) in [5.41, 5.74) is 5.09. The molecule has 0 atom stereocenters. The number of aromatic nitrogens is 2. The van der Waals surface area contributed by atoms with Crippen LogP contribution < -0.4 is 4.90 Å². The molecule has 4 rings (SSSR count). The van der Waals surface area contributed by atoms with Crippen molar-refractivity contribution in [2.45, 2.75) is 19.8 Å². The Labute approximate surface area is 131 Å². The van der Waals surface area contributed by atoms with Gasteiger partial charge in [0.15, 0.2) is 5.82 Å². The Kier molecular flexibility index (Phi) is 3.54. The summed E-state index contributed by atoms with van der Waals surface area (Å²) in [6.07, 6.45) is 2.18. The molecule has 1 aliphatic heterocycles. The highest BCUT2D eigenvalue weighted by atomic mass is 15.3. The summed E-state index contributed by atoms with van der Waals surface area (Å²) < 4.78 is 0. The molecule has 0 unspecified atom stereocenters. The highest BCUT2D eigenvalue weighted by molar-refractivity contribution is 5.70. The summed E-state index contributed by atoms with van der Waals surface area (Å²) in [6.45, 7) is 7.72. The first-order chi connectivity index (χ1) is 10.8. The number of piperazine rings is 1. The van der Waals surface area contributed by atoms with Crippen LogP contribution in [-0.4, -0.2) is 47.8 Å². The standard InChI is InChI=1S/C18H22N4/c1-2-21-9-11-22(12-10-21)17-13-15-8-7-14-5-3-4-6-16(14)18(15)20-19-17/h3-6,13H,2,7-12H2,1H3.